The number of ether oxygens (including phenoxy) is 2. The minimum Gasteiger partial charge on any atom is -0.383 e. The summed E-state index contributed by atoms with van der Waals surface area (Å²) in [5.74, 6) is 0.00532. The summed E-state index contributed by atoms with van der Waals surface area (Å²) in [6.07, 6.45) is 2.47. The van der Waals surface area contributed by atoms with E-state index < -0.39 is 5.54 Å². The van der Waals surface area contributed by atoms with Gasteiger partial charge in [0.05, 0.1) is 13.2 Å². The fraction of sp³-hybridized carbons (Fsp3) is 0.923. The topological polar surface area (TPSA) is 64.8 Å². The van der Waals surface area contributed by atoms with Gasteiger partial charge in [-0.25, -0.2) is 0 Å². The molecule has 0 bridgehead atoms. The molecule has 0 saturated carbocycles. The number of amides is 1. The van der Waals surface area contributed by atoms with Crippen molar-refractivity contribution in [3.05, 3.63) is 0 Å². The quantitative estimate of drug-likeness (QED) is 0.732. The Balaban J connectivity index is 2.77. The first kappa shape index (κ1) is 15.4. The highest BCUT2D eigenvalue weighted by atomic mass is 16.5. The summed E-state index contributed by atoms with van der Waals surface area (Å²) in [4.78, 5) is 14.5. The van der Waals surface area contributed by atoms with Gasteiger partial charge in [-0.15, -0.1) is 0 Å². The zero-order valence-electron chi connectivity index (χ0n) is 11.8. The summed E-state index contributed by atoms with van der Waals surface area (Å²) in [5, 5.41) is 0. The largest absolute Gasteiger partial charge is 0.383 e. The van der Waals surface area contributed by atoms with Crippen molar-refractivity contribution in [1.82, 2.24) is 4.90 Å². The third kappa shape index (κ3) is 3.43. The number of hydrogen-bond donors (Lipinski definition) is 1. The number of nitrogens with zero attached hydrogens (tertiary/aromatic N) is 1. The molecule has 1 atom stereocenters. The summed E-state index contributed by atoms with van der Waals surface area (Å²) < 4.78 is 10.4. The molecule has 5 heteroatoms. The number of carbonyl (C=O) groups excluding carboxylic acids is 1. The first-order chi connectivity index (χ1) is 8.59. The maximum atomic E-state index is 12.6. The monoisotopic (exact) mass is 258 g/mol. The van der Waals surface area contributed by atoms with Gasteiger partial charge >= 0.3 is 0 Å². The van der Waals surface area contributed by atoms with Gasteiger partial charge in [0, 0.05) is 26.3 Å². The van der Waals surface area contributed by atoms with Gasteiger partial charge in [0.15, 0.2) is 0 Å². The molecule has 1 unspecified atom stereocenters. The van der Waals surface area contributed by atoms with Gasteiger partial charge in [-0.1, -0.05) is 13.8 Å². The summed E-state index contributed by atoms with van der Waals surface area (Å²) >= 11 is 0. The van der Waals surface area contributed by atoms with Gasteiger partial charge in [0.25, 0.3) is 0 Å². The number of hydrogen-bond acceptors (Lipinski definition) is 4. The maximum absolute atomic E-state index is 12.6. The van der Waals surface area contributed by atoms with Crippen molar-refractivity contribution in [3.8, 4) is 0 Å². The van der Waals surface area contributed by atoms with Crippen LogP contribution in [0.1, 0.15) is 33.1 Å². The molecule has 1 rings (SSSR count). The summed E-state index contributed by atoms with van der Waals surface area (Å²) in [6, 6.07) is 0.230. The first-order valence-electron chi connectivity index (χ1n) is 6.75. The van der Waals surface area contributed by atoms with Crippen molar-refractivity contribution in [2.75, 3.05) is 33.5 Å². The fourth-order valence-electron chi connectivity index (χ4n) is 2.40. The Bertz CT molecular complexity index is 261. The lowest BCUT2D eigenvalue weighted by molar-refractivity contribution is -0.140. The lowest BCUT2D eigenvalue weighted by Crippen LogP contribution is -2.58. The van der Waals surface area contributed by atoms with Crippen LogP contribution in [-0.2, 0) is 14.3 Å². The molecule has 18 heavy (non-hydrogen) atoms. The second-order valence-corrected chi connectivity index (χ2v) is 4.92. The molecule has 0 aromatic carbocycles. The second kappa shape index (κ2) is 7.07. The van der Waals surface area contributed by atoms with E-state index in [1.54, 1.807) is 7.11 Å². The highest BCUT2D eigenvalue weighted by molar-refractivity contribution is 5.87. The summed E-state index contributed by atoms with van der Waals surface area (Å²) in [7, 11) is 1.65. The van der Waals surface area contributed by atoms with E-state index >= 15 is 0 Å². The minimum atomic E-state index is -0.837. The Morgan fingerprint density at radius 2 is 2.17 bits per heavy atom. The van der Waals surface area contributed by atoms with Crippen molar-refractivity contribution < 1.29 is 14.3 Å². The Kier molecular flexibility index (Phi) is 6.05. The van der Waals surface area contributed by atoms with Crippen molar-refractivity contribution >= 4 is 5.91 Å². The number of nitrogens with two attached hydrogens (primary N) is 1. The molecule has 0 spiro atoms. The molecule has 1 heterocycles. The van der Waals surface area contributed by atoms with Crippen LogP contribution in [0.4, 0.5) is 0 Å². The van der Waals surface area contributed by atoms with Crippen molar-refractivity contribution in [1.29, 1.82) is 0 Å². The van der Waals surface area contributed by atoms with Crippen LogP contribution in [0.5, 0.6) is 0 Å². The van der Waals surface area contributed by atoms with E-state index in [0.717, 1.165) is 12.8 Å². The predicted molar refractivity (Wildman–Crippen MR) is 70.3 cm³/mol. The summed E-state index contributed by atoms with van der Waals surface area (Å²) in [5.41, 5.74) is 5.33. The zero-order chi connectivity index (χ0) is 13.6. The van der Waals surface area contributed by atoms with E-state index in [2.05, 4.69) is 13.8 Å². The molecule has 1 aliphatic heterocycles. The highest BCUT2D eigenvalue weighted by Gasteiger charge is 2.42. The molecular formula is C13H26N2O3. The molecule has 1 saturated heterocycles. The SMILES string of the molecule is CCC(CC)N(CCOC)C(=O)C1(N)CCOC1. The number of rotatable bonds is 7. The molecule has 0 radical (unpaired) electrons. The van der Waals surface area contributed by atoms with Gasteiger partial charge in [-0.3, -0.25) is 4.79 Å². The molecule has 1 fully saturated rings. The van der Waals surface area contributed by atoms with Crippen LogP contribution >= 0.6 is 0 Å². The zero-order valence-corrected chi connectivity index (χ0v) is 11.8. The molecule has 1 amide bonds. The van der Waals surface area contributed by atoms with Crippen LogP contribution in [0.15, 0.2) is 0 Å². The Morgan fingerprint density at radius 3 is 2.61 bits per heavy atom. The van der Waals surface area contributed by atoms with E-state index in [0.29, 0.717) is 32.8 Å². The Hall–Kier alpha value is -0.650. The van der Waals surface area contributed by atoms with Crippen molar-refractivity contribution in [3.63, 3.8) is 0 Å². The average Bonchev–Trinajstić information content (AvgIpc) is 2.82. The maximum Gasteiger partial charge on any atom is 0.245 e. The van der Waals surface area contributed by atoms with Crippen LogP contribution in [0.3, 0.4) is 0 Å². The van der Waals surface area contributed by atoms with Gasteiger partial charge in [-0.05, 0) is 19.3 Å². The van der Waals surface area contributed by atoms with Gasteiger partial charge in [0.1, 0.15) is 5.54 Å². The Labute approximate surface area is 110 Å². The molecule has 0 aromatic heterocycles. The average molecular weight is 258 g/mol. The van der Waals surface area contributed by atoms with Crippen molar-refractivity contribution in [2.24, 2.45) is 5.73 Å². The van der Waals surface area contributed by atoms with Crippen LogP contribution < -0.4 is 5.73 Å². The third-order valence-corrected chi connectivity index (χ3v) is 3.66. The first-order valence-corrected chi connectivity index (χ1v) is 6.75. The molecule has 0 aromatic rings. The minimum absolute atomic E-state index is 0.00532. The van der Waals surface area contributed by atoms with E-state index in [1.807, 2.05) is 4.90 Å². The lowest BCUT2D eigenvalue weighted by atomic mass is 9.96. The van der Waals surface area contributed by atoms with Crippen LogP contribution in [0.25, 0.3) is 0 Å². The van der Waals surface area contributed by atoms with Crippen molar-refractivity contribution in [2.45, 2.75) is 44.7 Å². The predicted octanol–water partition coefficient (Wildman–Crippen LogP) is 0.768. The Morgan fingerprint density at radius 1 is 1.50 bits per heavy atom. The van der Waals surface area contributed by atoms with E-state index in [4.69, 9.17) is 15.2 Å². The van der Waals surface area contributed by atoms with E-state index in [1.165, 1.54) is 0 Å². The molecule has 0 aliphatic carbocycles. The molecule has 1 aliphatic rings. The molecular weight excluding hydrogens is 232 g/mol. The van der Waals surface area contributed by atoms with E-state index in [-0.39, 0.29) is 11.9 Å². The van der Waals surface area contributed by atoms with Crippen LogP contribution in [0.2, 0.25) is 0 Å². The molecule has 106 valence electrons. The van der Waals surface area contributed by atoms with Gasteiger partial charge in [-0.2, -0.15) is 0 Å². The summed E-state index contributed by atoms with van der Waals surface area (Å²) in [6.45, 7) is 6.23. The third-order valence-electron chi connectivity index (χ3n) is 3.66. The number of methoxy groups -OCH3 is 1. The van der Waals surface area contributed by atoms with E-state index in [9.17, 15) is 4.79 Å². The van der Waals surface area contributed by atoms with Gasteiger partial charge < -0.3 is 20.1 Å². The van der Waals surface area contributed by atoms with Crippen LogP contribution in [-0.4, -0.2) is 55.9 Å². The smallest absolute Gasteiger partial charge is 0.245 e. The fourth-order valence-corrected chi connectivity index (χ4v) is 2.40. The number of carbonyl (C=O) groups is 1. The second-order valence-electron chi connectivity index (χ2n) is 4.92. The molecule has 5 nitrogen and oxygen atoms in total. The normalized spacial score (nSPS) is 23.6. The standard InChI is InChI=1S/C13H26N2O3/c1-4-11(5-2)15(7-9-17-3)12(16)13(14)6-8-18-10-13/h11H,4-10,14H2,1-3H3. The van der Waals surface area contributed by atoms with Crippen LogP contribution in [0, 0.1) is 0 Å². The lowest BCUT2D eigenvalue weighted by Gasteiger charge is -2.35. The highest BCUT2D eigenvalue weighted by Crippen LogP contribution is 2.21. The molecule has 2 N–H and O–H groups in total. The van der Waals surface area contributed by atoms with Gasteiger partial charge in [0.2, 0.25) is 5.91 Å².